The molecule has 0 aliphatic rings. The van der Waals surface area contributed by atoms with E-state index in [2.05, 4.69) is 17.3 Å². The van der Waals surface area contributed by atoms with E-state index in [0.717, 1.165) is 15.5 Å². The molecular formula is C10H13ClN2S. The first-order chi connectivity index (χ1) is 6.70. The molecule has 0 aromatic carbocycles. The molecule has 3 N–H and O–H groups in total. The fraction of sp³-hybridized carbons (Fsp3) is 0.400. The van der Waals surface area contributed by atoms with Crippen LogP contribution in [0.3, 0.4) is 0 Å². The van der Waals surface area contributed by atoms with Crippen LogP contribution in [0.15, 0.2) is 5.38 Å². The Balaban J connectivity index is 2.87. The third-order valence-corrected chi connectivity index (χ3v) is 3.75. The van der Waals surface area contributed by atoms with Crippen molar-refractivity contribution in [3.05, 3.63) is 20.8 Å². The molecule has 1 atom stereocenters. The van der Waals surface area contributed by atoms with Gasteiger partial charge in [-0.15, -0.1) is 23.2 Å². The number of thiophene rings is 1. The molecule has 76 valence electrons. The number of hydrazine groups is 1. The summed E-state index contributed by atoms with van der Waals surface area (Å²) >= 11 is 7.74. The zero-order valence-corrected chi connectivity index (χ0v) is 9.80. The van der Waals surface area contributed by atoms with Gasteiger partial charge < -0.3 is 0 Å². The molecular weight excluding hydrogens is 216 g/mol. The van der Waals surface area contributed by atoms with Gasteiger partial charge in [-0.1, -0.05) is 11.6 Å². The van der Waals surface area contributed by atoms with E-state index in [1.54, 1.807) is 11.3 Å². The lowest BCUT2D eigenvalue weighted by Crippen LogP contribution is -2.27. The number of nitrogens with one attached hydrogen (secondary N) is 1. The normalized spacial score (nSPS) is 12.0. The first-order valence-electron chi connectivity index (χ1n) is 4.30. The predicted octanol–water partition coefficient (Wildman–Crippen LogP) is 2.63. The number of hydrogen-bond donors (Lipinski definition) is 2. The summed E-state index contributed by atoms with van der Waals surface area (Å²) in [7, 11) is 0. The van der Waals surface area contributed by atoms with Crippen LogP contribution in [0.5, 0.6) is 0 Å². The Morgan fingerprint density at radius 2 is 2.43 bits per heavy atom. The predicted molar refractivity (Wildman–Crippen MR) is 62.2 cm³/mol. The van der Waals surface area contributed by atoms with Crippen LogP contribution in [0.1, 0.15) is 29.8 Å². The van der Waals surface area contributed by atoms with Crippen molar-refractivity contribution in [3.63, 3.8) is 0 Å². The average molecular weight is 229 g/mol. The molecule has 2 nitrogen and oxygen atoms in total. The highest BCUT2D eigenvalue weighted by Gasteiger charge is 2.15. The molecule has 1 aromatic heterocycles. The van der Waals surface area contributed by atoms with Crippen LogP contribution < -0.4 is 11.3 Å². The molecule has 1 unspecified atom stereocenters. The number of hydrogen-bond acceptors (Lipinski definition) is 3. The molecule has 4 heteroatoms. The van der Waals surface area contributed by atoms with Crippen molar-refractivity contribution >= 4 is 22.9 Å². The van der Waals surface area contributed by atoms with E-state index in [0.29, 0.717) is 6.42 Å². The van der Waals surface area contributed by atoms with Gasteiger partial charge in [0.05, 0.1) is 11.1 Å². The lowest BCUT2D eigenvalue weighted by atomic mass is 10.1. The summed E-state index contributed by atoms with van der Waals surface area (Å²) < 4.78 is 0. The molecule has 0 bridgehead atoms. The summed E-state index contributed by atoms with van der Waals surface area (Å²) in [5.41, 5.74) is 3.82. The minimum atomic E-state index is 0.0358. The van der Waals surface area contributed by atoms with Gasteiger partial charge in [0.15, 0.2) is 0 Å². The molecule has 0 amide bonds. The third-order valence-electron chi connectivity index (χ3n) is 1.93. The Morgan fingerprint density at radius 3 is 2.86 bits per heavy atom. The maximum atomic E-state index is 6.13. The Labute approximate surface area is 93.4 Å². The second kappa shape index (κ2) is 5.38. The largest absolute Gasteiger partial charge is 0.271 e. The van der Waals surface area contributed by atoms with Crippen LogP contribution in [-0.4, -0.2) is 0 Å². The zero-order chi connectivity index (χ0) is 10.6. The Bertz CT molecular complexity index is 362. The summed E-state index contributed by atoms with van der Waals surface area (Å²) in [4.78, 5) is 1.06. The number of halogens is 1. The van der Waals surface area contributed by atoms with E-state index in [-0.39, 0.29) is 6.04 Å². The van der Waals surface area contributed by atoms with Gasteiger partial charge in [0.2, 0.25) is 0 Å². The number of nitrogens with two attached hydrogens (primary N) is 1. The fourth-order valence-electron chi connectivity index (χ4n) is 1.12. The van der Waals surface area contributed by atoms with E-state index in [1.165, 1.54) is 0 Å². The molecule has 0 radical (unpaired) electrons. The van der Waals surface area contributed by atoms with Crippen LogP contribution in [-0.2, 0) is 0 Å². The van der Waals surface area contributed by atoms with Crippen LogP contribution >= 0.6 is 22.9 Å². The van der Waals surface area contributed by atoms with Crippen LogP contribution in [0.4, 0.5) is 0 Å². The van der Waals surface area contributed by atoms with Crippen LogP contribution in [0.2, 0.25) is 5.02 Å². The topological polar surface area (TPSA) is 38.0 Å². The van der Waals surface area contributed by atoms with E-state index >= 15 is 0 Å². The van der Waals surface area contributed by atoms with Gasteiger partial charge in [0.1, 0.15) is 0 Å². The van der Waals surface area contributed by atoms with E-state index in [9.17, 15) is 0 Å². The molecule has 0 aliphatic carbocycles. The fourth-order valence-corrected chi connectivity index (χ4v) is 2.50. The molecule has 0 aliphatic heterocycles. The van der Waals surface area contributed by atoms with Gasteiger partial charge in [-0.25, -0.2) is 0 Å². The second-order valence-electron chi connectivity index (χ2n) is 2.95. The van der Waals surface area contributed by atoms with Gasteiger partial charge in [-0.05, 0) is 24.8 Å². The molecule has 0 saturated heterocycles. The Kier molecular flexibility index (Phi) is 4.43. The van der Waals surface area contributed by atoms with Gasteiger partial charge >= 0.3 is 0 Å². The number of aryl methyl sites for hydroxylation is 1. The van der Waals surface area contributed by atoms with Crippen molar-refractivity contribution < 1.29 is 0 Å². The summed E-state index contributed by atoms with van der Waals surface area (Å²) in [6.45, 7) is 3.80. The van der Waals surface area contributed by atoms with Crippen LogP contribution in [0, 0.1) is 18.8 Å². The van der Waals surface area contributed by atoms with Gasteiger partial charge in [-0.2, -0.15) is 0 Å². The second-order valence-corrected chi connectivity index (χ2v) is 4.24. The highest BCUT2D eigenvalue weighted by Crippen LogP contribution is 2.33. The minimum Gasteiger partial charge on any atom is -0.271 e. The van der Waals surface area contributed by atoms with E-state index in [4.69, 9.17) is 17.4 Å². The number of rotatable bonds is 3. The Hall–Kier alpha value is -0.530. The molecule has 1 rings (SSSR count). The smallest absolute Gasteiger partial charge is 0.0677 e. The van der Waals surface area contributed by atoms with Crippen molar-refractivity contribution in [2.45, 2.75) is 26.3 Å². The first kappa shape index (κ1) is 11.5. The highest BCUT2D eigenvalue weighted by molar-refractivity contribution is 7.10. The minimum absolute atomic E-state index is 0.0358. The molecule has 1 heterocycles. The molecule has 0 spiro atoms. The van der Waals surface area contributed by atoms with Gasteiger partial charge in [0, 0.05) is 11.3 Å². The molecule has 0 saturated carbocycles. The van der Waals surface area contributed by atoms with Crippen molar-refractivity contribution in [1.82, 2.24) is 5.43 Å². The summed E-state index contributed by atoms with van der Waals surface area (Å²) in [5.74, 6) is 11.3. The highest BCUT2D eigenvalue weighted by atomic mass is 35.5. The monoisotopic (exact) mass is 228 g/mol. The molecule has 0 fully saturated rings. The first-order valence-corrected chi connectivity index (χ1v) is 5.55. The van der Waals surface area contributed by atoms with E-state index in [1.807, 2.05) is 19.2 Å². The summed E-state index contributed by atoms with van der Waals surface area (Å²) in [5, 5.41) is 2.83. The molecule has 14 heavy (non-hydrogen) atoms. The molecule has 1 aromatic rings. The van der Waals surface area contributed by atoms with Crippen molar-refractivity contribution in [3.8, 4) is 11.8 Å². The van der Waals surface area contributed by atoms with Crippen molar-refractivity contribution in [2.24, 2.45) is 5.84 Å². The van der Waals surface area contributed by atoms with Gasteiger partial charge in [-0.3, -0.25) is 11.3 Å². The van der Waals surface area contributed by atoms with Crippen molar-refractivity contribution in [1.29, 1.82) is 0 Å². The summed E-state index contributed by atoms with van der Waals surface area (Å²) in [6, 6.07) is 0.0358. The average Bonchev–Trinajstić information content (AvgIpc) is 2.51. The maximum Gasteiger partial charge on any atom is 0.0677 e. The van der Waals surface area contributed by atoms with E-state index < -0.39 is 0 Å². The van der Waals surface area contributed by atoms with Crippen LogP contribution in [0.25, 0.3) is 0 Å². The quantitative estimate of drug-likeness (QED) is 0.474. The summed E-state index contributed by atoms with van der Waals surface area (Å²) in [6.07, 6.45) is 0.687. The van der Waals surface area contributed by atoms with Gasteiger partial charge in [0.25, 0.3) is 0 Å². The zero-order valence-electron chi connectivity index (χ0n) is 8.23. The maximum absolute atomic E-state index is 6.13. The SMILES string of the molecule is CC#CCC(NN)c1scc(C)c1Cl. The lowest BCUT2D eigenvalue weighted by Gasteiger charge is -2.11. The Morgan fingerprint density at radius 1 is 1.71 bits per heavy atom. The third kappa shape index (κ3) is 2.49. The van der Waals surface area contributed by atoms with Crippen molar-refractivity contribution in [2.75, 3.05) is 0 Å². The standard InChI is InChI=1S/C10H13ClN2S/c1-3-4-5-8(13-12)10-9(11)7(2)6-14-10/h6,8,13H,5,12H2,1-2H3. The lowest BCUT2D eigenvalue weighted by molar-refractivity contribution is 0.577.